The van der Waals surface area contributed by atoms with Crippen molar-refractivity contribution in [3.63, 3.8) is 0 Å². The first kappa shape index (κ1) is 27.9. The van der Waals surface area contributed by atoms with Gasteiger partial charge in [-0.05, 0) is 88.9 Å². The zero-order valence-corrected chi connectivity index (χ0v) is 23.1. The first-order chi connectivity index (χ1) is 18.6. The minimum absolute atomic E-state index is 0.135. The molecule has 0 unspecified atom stereocenters. The van der Waals surface area contributed by atoms with E-state index in [1.807, 2.05) is 0 Å². The van der Waals surface area contributed by atoms with E-state index in [0.717, 1.165) is 10.5 Å². The number of nitrogens with one attached hydrogen (secondary N) is 1. The van der Waals surface area contributed by atoms with E-state index in [1.165, 1.54) is 18.2 Å². The van der Waals surface area contributed by atoms with Crippen LogP contribution in [0.2, 0.25) is 5.02 Å². The zero-order valence-electron chi connectivity index (χ0n) is 20.8. The van der Waals surface area contributed by atoms with Crippen LogP contribution >= 0.6 is 27.5 Å². The minimum Gasteiger partial charge on any atom is -0.490 e. The highest BCUT2D eigenvalue weighted by Crippen LogP contribution is 2.38. The number of ether oxygens (including phenoxy) is 2. The number of aromatic carboxylic acids is 1. The molecule has 2 N–H and O–H groups in total. The van der Waals surface area contributed by atoms with Crippen LogP contribution in [-0.2, 0) is 16.2 Å². The molecule has 0 aromatic heterocycles. The molecule has 4 amide bonds. The smallest absolute Gasteiger partial charge is 0.335 e. The fraction of sp³-hybridized carbons (Fsp3) is 0.143. The molecule has 0 saturated carbocycles. The molecule has 0 atom stereocenters. The Kier molecular flexibility index (Phi) is 8.37. The number of imide groups is 2. The Balaban J connectivity index is 1.65. The largest absolute Gasteiger partial charge is 0.490 e. The Hall–Kier alpha value is -4.15. The predicted molar refractivity (Wildman–Crippen MR) is 148 cm³/mol. The number of carboxylic acid groups (broad SMARTS) is 1. The monoisotopic (exact) mass is 612 g/mol. The second kappa shape index (κ2) is 11.7. The lowest BCUT2D eigenvalue weighted by Crippen LogP contribution is -2.54. The maximum atomic E-state index is 13.3. The molecule has 1 aliphatic heterocycles. The predicted octanol–water partition coefficient (Wildman–Crippen LogP) is 5.75. The summed E-state index contributed by atoms with van der Waals surface area (Å²) in [7, 11) is 0. The molecule has 3 aromatic carbocycles. The van der Waals surface area contributed by atoms with Crippen molar-refractivity contribution in [1.82, 2.24) is 5.32 Å². The molecule has 1 saturated heterocycles. The van der Waals surface area contributed by atoms with E-state index in [9.17, 15) is 19.2 Å². The third-order valence-corrected chi connectivity index (χ3v) is 6.81. The molecule has 3 aromatic rings. The number of amides is 4. The van der Waals surface area contributed by atoms with Crippen LogP contribution in [0.15, 0.2) is 64.6 Å². The van der Waals surface area contributed by atoms with E-state index in [4.69, 9.17) is 26.2 Å². The van der Waals surface area contributed by atoms with E-state index in [0.29, 0.717) is 38.7 Å². The summed E-state index contributed by atoms with van der Waals surface area (Å²) in [4.78, 5) is 50.5. The normalized spacial score (nSPS) is 14.4. The number of carbonyl (C=O) groups excluding carboxylic acids is 3. The summed E-state index contributed by atoms with van der Waals surface area (Å²) < 4.78 is 12.2. The van der Waals surface area contributed by atoms with Crippen LogP contribution in [0.3, 0.4) is 0 Å². The first-order valence-electron chi connectivity index (χ1n) is 11.7. The highest BCUT2D eigenvalue weighted by atomic mass is 79.9. The van der Waals surface area contributed by atoms with Gasteiger partial charge in [0.25, 0.3) is 11.8 Å². The quantitative estimate of drug-likeness (QED) is 0.245. The summed E-state index contributed by atoms with van der Waals surface area (Å²) in [5.41, 5.74) is 1.87. The van der Waals surface area contributed by atoms with Crippen molar-refractivity contribution < 1.29 is 33.8 Å². The third-order valence-electron chi connectivity index (χ3n) is 5.81. The fourth-order valence-electron chi connectivity index (χ4n) is 3.85. The van der Waals surface area contributed by atoms with E-state index >= 15 is 0 Å². The first-order valence-corrected chi connectivity index (χ1v) is 12.9. The number of carbonyl (C=O) groups is 4. The summed E-state index contributed by atoms with van der Waals surface area (Å²) in [6.45, 7) is 3.91. The number of nitrogens with zero attached hydrogens (tertiary/aromatic N) is 1. The lowest BCUT2D eigenvalue weighted by Gasteiger charge is -2.27. The molecule has 1 fully saturated rings. The van der Waals surface area contributed by atoms with Gasteiger partial charge in [-0.2, -0.15) is 0 Å². The number of carboxylic acids is 1. The summed E-state index contributed by atoms with van der Waals surface area (Å²) in [5.74, 6) is -1.92. The average molecular weight is 614 g/mol. The molecule has 11 heteroatoms. The summed E-state index contributed by atoms with van der Waals surface area (Å²) in [6, 6.07) is 13.5. The topological polar surface area (TPSA) is 122 Å². The molecule has 1 aliphatic rings. The maximum absolute atomic E-state index is 13.3. The number of benzene rings is 3. The van der Waals surface area contributed by atoms with Gasteiger partial charge in [0.05, 0.1) is 22.3 Å². The number of halogens is 2. The number of hydrogen-bond acceptors (Lipinski definition) is 6. The van der Waals surface area contributed by atoms with Crippen LogP contribution < -0.4 is 19.7 Å². The second-order valence-electron chi connectivity index (χ2n) is 8.40. The zero-order chi connectivity index (χ0) is 28.3. The molecule has 0 radical (unpaired) electrons. The van der Waals surface area contributed by atoms with Gasteiger partial charge >= 0.3 is 12.0 Å². The number of anilines is 1. The summed E-state index contributed by atoms with van der Waals surface area (Å²) >= 11 is 9.65. The Labute approximate surface area is 237 Å². The van der Waals surface area contributed by atoms with Crippen LogP contribution in [0.4, 0.5) is 10.5 Å². The van der Waals surface area contributed by atoms with Crippen LogP contribution in [0, 0.1) is 6.92 Å². The Bertz CT molecular complexity index is 1520. The van der Waals surface area contributed by atoms with Gasteiger partial charge < -0.3 is 14.6 Å². The average Bonchev–Trinajstić information content (AvgIpc) is 2.89. The fourth-order valence-corrected chi connectivity index (χ4v) is 4.60. The highest BCUT2D eigenvalue weighted by Gasteiger charge is 2.37. The van der Waals surface area contributed by atoms with Gasteiger partial charge in [-0.1, -0.05) is 29.8 Å². The van der Waals surface area contributed by atoms with Crippen molar-refractivity contribution in [3.8, 4) is 11.5 Å². The lowest BCUT2D eigenvalue weighted by molar-refractivity contribution is -0.122. The molecule has 0 aliphatic carbocycles. The van der Waals surface area contributed by atoms with Crippen molar-refractivity contribution in [3.05, 3.63) is 91.9 Å². The van der Waals surface area contributed by atoms with Crippen LogP contribution in [0.25, 0.3) is 6.08 Å². The maximum Gasteiger partial charge on any atom is 0.335 e. The van der Waals surface area contributed by atoms with E-state index < -0.39 is 23.8 Å². The van der Waals surface area contributed by atoms with Crippen LogP contribution in [0.1, 0.15) is 34.0 Å². The summed E-state index contributed by atoms with van der Waals surface area (Å²) in [5, 5.41) is 11.6. The van der Waals surface area contributed by atoms with Crippen molar-refractivity contribution in [2.24, 2.45) is 0 Å². The number of hydrogen-bond donors (Lipinski definition) is 2. The molecular formula is C28H22BrClN2O7. The summed E-state index contributed by atoms with van der Waals surface area (Å²) in [6.07, 6.45) is 1.36. The van der Waals surface area contributed by atoms with Gasteiger partial charge in [0.2, 0.25) is 0 Å². The molecule has 200 valence electrons. The molecule has 9 nitrogen and oxygen atoms in total. The van der Waals surface area contributed by atoms with E-state index in [2.05, 4.69) is 21.2 Å². The van der Waals surface area contributed by atoms with Gasteiger partial charge in [0.1, 0.15) is 12.2 Å². The highest BCUT2D eigenvalue weighted by molar-refractivity contribution is 9.10. The minimum atomic E-state index is -1.02. The molecule has 39 heavy (non-hydrogen) atoms. The van der Waals surface area contributed by atoms with Crippen molar-refractivity contribution >= 4 is 63.1 Å². The molecule has 0 spiro atoms. The third kappa shape index (κ3) is 5.97. The van der Waals surface area contributed by atoms with Crippen LogP contribution in [0.5, 0.6) is 11.5 Å². The lowest BCUT2D eigenvalue weighted by atomic mass is 10.1. The van der Waals surface area contributed by atoms with Gasteiger partial charge in [-0.15, -0.1) is 0 Å². The Morgan fingerprint density at radius 3 is 2.49 bits per heavy atom. The van der Waals surface area contributed by atoms with Gasteiger partial charge in [-0.25, -0.2) is 14.5 Å². The number of barbiturate groups is 1. The van der Waals surface area contributed by atoms with Crippen molar-refractivity contribution in [2.75, 3.05) is 11.5 Å². The SMILES string of the molecule is CCOc1cc(/C=C2\C(=O)NC(=O)N(c3cccc(Cl)c3C)C2=O)cc(Br)c1OCc1ccc(C(=O)O)cc1. The molecule has 4 rings (SSSR count). The van der Waals surface area contributed by atoms with Gasteiger partial charge in [0.15, 0.2) is 11.5 Å². The molecule has 0 bridgehead atoms. The molecular weight excluding hydrogens is 592 g/mol. The van der Waals surface area contributed by atoms with Crippen molar-refractivity contribution in [2.45, 2.75) is 20.5 Å². The van der Waals surface area contributed by atoms with Gasteiger partial charge in [0, 0.05) is 5.02 Å². The Morgan fingerprint density at radius 1 is 1.10 bits per heavy atom. The van der Waals surface area contributed by atoms with Crippen LogP contribution in [-0.4, -0.2) is 35.5 Å². The van der Waals surface area contributed by atoms with Gasteiger partial charge in [-0.3, -0.25) is 14.9 Å². The molecule has 1 heterocycles. The second-order valence-corrected chi connectivity index (χ2v) is 9.66. The number of urea groups is 1. The standard InChI is InChI=1S/C28H22BrClN2O7/c1-3-38-23-13-17(12-20(29)24(23)39-14-16-7-9-18(10-8-16)27(35)36)11-19-25(33)31-28(37)32(26(19)34)22-6-4-5-21(30)15(22)2/h4-13H,3,14H2,1-2H3,(H,35,36)(H,31,33,37)/b19-11+. The Morgan fingerprint density at radius 2 is 1.82 bits per heavy atom. The van der Waals surface area contributed by atoms with Crippen molar-refractivity contribution in [1.29, 1.82) is 0 Å². The number of rotatable bonds is 8. The van der Waals surface area contributed by atoms with E-state index in [1.54, 1.807) is 56.3 Å². The van der Waals surface area contributed by atoms with E-state index in [-0.39, 0.29) is 23.4 Å².